The van der Waals surface area contributed by atoms with E-state index in [-0.39, 0.29) is 24.0 Å². The molecular weight excluding hydrogens is 416 g/mol. The molecule has 7 heteroatoms. The van der Waals surface area contributed by atoms with Gasteiger partial charge in [0.1, 0.15) is 5.82 Å². The molecule has 1 fully saturated rings. The Balaban J connectivity index is 1.37. The first kappa shape index (κ1) is 21.4. The van der Waals surface area contributed by atoms with Crippen molar-refractivity contribution in [1.82, 2.24) is 19.9 Å². The molecule has 3 aromatic rings. The van der Waals surface area contributed by atoms with Crippen LogP contribution in [0.25, 0.3) is 11.1 Å². The number of rotatable bonds is 3. The van der Waals surface area contributed by atoms with Gasteiger partial charge in [-0.25, -0.2) is 9.97 Å². The van der Waals surface area contributed by atoms with Gasteiger partial charge in [-0.2, -0.15) is 0 Å². The SMILES string of the molecule is CC(C)(C)c1ncc(-c2ccncc2)c(C2CCN(C(=O)c3ccc4c(c3)OCO4)CC2)n1. The summed E-state index contributed by atoms with van der Waals surface area (Å²) in [4.78, 5) is 28.9. The van der Waals surface area contributed by atoms with Crippen LogP contribution >= 0.6 is 0 Å². The maximum Gasteiger partial charge on any atom is 0.253 e. The number of piperidine rings is 1. The van der Waals surface area contributed by atoms with Crippen molar-refractivity contribution in [2.24, 2.45) is 0 Å². The average molecular weight is 445 g/mol. The van der Waals surface area contributed by atoms with Crippen molar-refractivity contribution in [3.8, 4) is 22.6 Å². The zero-order valence-corrected chi connectivity index (χ0v) is 19.2. The Morgan fingerprint density at radius 1 is 1.03 bits per heavy atom. The van der Waals surface area contributed by atoms with E-state index in [9.17, 15) is 4.79 Å². The molecule has 4 heterocycles. The minimum atomic E-state index is -0.137. The van der Waals surface area contributed by atoms with Gasteiger partial charge < -0.3 is 14.4 Å². The Labute approximate surface area is 193 Å². The van der Waals surface area contributed by atoms with Crippen LogP contribution in [-0.4, -0.2) is 45.6 Å². The van der Waals surface area contributed by atoms with Crippen molar-refractivity contribution in [3.05, 3.63) is 66.0 Å². The predicted molar refractivity (Wildman–Crippen MR) is 124 cm³/mol. The molecule has 33 heavy (non-hydrogen) atoms. The van der Waals surface area contributed by atoms with E-state index in [0.717, 1.165) is 35.5 Å². The van der Waals surface area contributed by atoms with Crippen LogP contribution in [0.3, 0.4) is 0 Å². The highest BCUT2D eigenvalue weighted by Gasteiger charge is 2.29. The lowest BCUT2D eigenvalue weighted by Gasteiger charge is -2.33. The summed E-state index contributed by atoms with van der Waals surface area (Å²) in [5, 5.41) is 0. The van der Waals surface area contributed by atoms with Crippen molar-refractivity contribution in [2.75, 3.05) is 19.9 Å². The summed E-state index contributed by atoms with van der Waals surface area (Å²) in [5.41, 5.74) is 3.68. The number of likely N-dealkylation sites (tertiary alicyclic amines) is 1. The number of amides is 1. The molecule has 0 spiro atoms. The topological polar surface area (TPSA) is 77.4 Å². The van der Waals surface area contributed by atoms with Gasteiger partial charge in [0.25, 0.3) is 5.91 Å². The molecule has 0 radical (unpaired) electrons. The first-order chi connectivity index (χ1) is 15.9. The molecule has 0 bridgehead atoms. The average Bonchev–Trinajstić information content (AvgIpc) is 3.31. The quantitative estimate of drug-likeness (QED) is 0.588. The number of benzene rings is 1. The van der Waals surface area contributed by atoms with E-state index in [0.29, 0.717) is 30.2 Å². The molecule has 7 nitrogen and oxygen atoms in total. The van der Waals surface area contributed by atoms with Crippen LogP contribution in [0, 0.1) is 0 Å². The van der Waals surface area contributed by atoms with Gasteiger partial charge >= 0.3 is 0 Å². The van der Waals surface area contributed by atoms with Gasteiger partial charge in [-0.1, -0.05) is 20.8 Å². The summed E-state index contributed by atoms with van der Waals surface area (Å²) in [6.45, 7) is 7.96. The number of fused-ring (bicyclic) bond motifs is 1. The second kappa shape index (κ2) is 8.46. The van der Waals surface area contributed by atoms with E-state index >= 15 is 0 Å². The number of hydrogen-bond donors (Lipinski definition) is 0. The van der Waals surface area contributed by atoms with Crippen LogP contribution < -0.4 is 9.47 Å². The van der Waals surface area contributed by atoms with Crippen molar-refractivity contribution < 1.29 is 14.3 Å². The number of nitrogens with zero attached hydrogens (tertiary/aromatic N) is 4. The molecule has 2 aliphatic rings. The molecule has 0 saturated carbocycles. The molecular formula is C26H28N4O3. The van der Waals surface area contributed by atoms with E-state index in [1.807, 2.05) is 29.3 Å². The first-order valence-corrected chi connectivity index (χ1v) is 11.4. The summed E-state index contributed by atoms with van der Waals surface area (Å²) in [7, 11) is 0. The summed E-state index contributed by atoms with van der Waals surface area (Å²) in [6.07, 6.45) is 7.25. The standard InChI is InChI=1S/C26H28N4O3/c1-26(2,3)25-28-15-20(17-6-10-27-11-7-17)23(29-25)18-8-12-30(13-9-18)24(31)19-4-5-21-22(14-19)33-16-32-21/h4-7,10-11,14-15,18H,8-9,12-13,16H2,1-3H3. The fraction of sp³-hybridized carbons (Fsp3) is 0.385. The third-order valence-electron chi connectivity index (χ3n) is 6.27. The molecule has 2 aliphatic heterocycles. The number of hydrogen-bond acceptors (Lipinski definition) is 6. The molecule has 1 saturated heterocycles. The van der Waals surface area contributed by atoms with Crippen molar-refractivity contribution in [3.63, 3.8) is 0 Å². The number of aromatic nitrogens is 3. The number of pyridine rings is 1. The van der Waals surface area contributed by atoms with Gasteiger partial charge in [-0.3, -0.25) is 9.78 Å². The Morgan fingerprint density at radius 2 is 1.76 bits per heavy atom. The Bertz CT molecular complexity index is 1170. The van der Waals surface area contributed by atoms with Crippen LogP contribution in [0.15, 0.2) is 48.9 Å². The highest BCUT2D eigenvalue weighted by atomic mass is 16.7. The summed E-state index contributed by atoms with van der Waals surface area (Å²) < 4.78 is 10.8. The molecule has 0 unspecified atom stereocenters. The van der Waals surface area contributed by atoms with Crippen molar-refractivity contribution in [1.29, 1.82) is 0 Å². The van der Waals surface area contributed by atoms with Crippen LogP contribution in [0.4, 0.5) is 0 Å². The molecule has 0 N–H and O–H groups in total. The molecule has 0 atom stereocenters. The van der Waals surface area contributed by atoms with Crippen LogP contribution in [0.1, 0.15) is 61.4 Å². The van der Waals surface area contributed by atoms with Crippen LogP contribution in [0.2, 0.25) is 0 Å². The molecule has 5 rings (SSSR count). The third-order valence-corrected chi connectivity index (χ3v) is 6.27. The summed E-state index contributed by atoms with van der Waals surface area (Å²) in [5.74, 6) is 2.45. The lowest BCUT2D eigenvalue weighted by molar-refractivity contribution is 0.0711. The fourth-order valence-corrected chi connectivity index (χ4v) is 4.39. The Morgan fingerprint density at radius 3 is 2.48 bits per heavy atom. The monoisotopic (exact) mass is 444 g/mol. The van der Waals surface area contributed by atoms with Gasteiger partial charge in [-0.05, 0) is 48.7 Å². The predicted octanol–water partition coefficient (Wildman–Crippen LogP) is 4.58. The maximum atomic E-state index is 13.1. The van der Waals surface area contributed by atoms with Crippen molar-refractivity contribution >= 4 is 5.91 Å². The lowest BCUT2D eigenvalue weighted by atomic mass is 9.87. The third kappa shape index (κ3) is 4.27. The van der Waals surface area contributed by atoms with Gasteiger partial charge in [-0.15, -0.1) is 0 Å². The van der Waals surface area contributed by atoms with Gasteiger partial charge in [0.05, 0.1) is 5.69 Å². The Kier molecular flexibility index (Phi) is 5.48. The second-order valence-electron chi connectivity index (χ2n) is 9.61. The van der Waals surface area contributed by atoms with E-state index in [1.165, 1.54) is 0 Å². The largest absolute Gasteiger partial charge is 0.454 e. The van der Waals surface area contributed by atoms with Gasteiger partial charge in [0, 0.05) is 54.1 Å². The van der Waals surface area contributed by atoms with Gasteiger partial charge in [0.2, 0.25) is 6.79 Å². The maximum absolute atomic E-state index is 13.1. The zero-order chi connectivity index (χ0) is 23.0. The first-order valence-electron chi connectivity index (χ1n) is 11.4. The van der Waals surface area contributed by atoms with E-state index < -0.39 is 0 Å². The number of ether oxygens (including phenoxy) is 2. The highest BCUT2D eigenvalue weighted by Crippen LogP contribution is 2.36. The van der Waals surface area contributed by atoms with Crippen LogP contribution in [-0.2, 0) is 5.41 Å². The molecule has 170 valence electrons. The number of carbonyl (C=O) groups excluding carboxylic acids is 1. The molecule has 1 aromatic carbocycles. The molecule has 0 aliphatic carbocycles. The molecule has 2 aromatic heterocycles. The summed E-state index contributed by atoms with van der Waals surface area (Å²) in [6, 6.07) is 9.38. The summed E-state index contributed by atoms with van der Waals surface area (Å²) >= 11 is 0. The van der Waals surface area contributed by atoms with Crippen molar-refractivity contribution in [2.45, 2.75) is 44.9 Å². The normalized spacial score (nSPS) is 16.2. The lowest BCUT2D eigenvalue weighted by Crippen LogP contribution is -2.38. The minimum absolute atomic E-state index is 0.0270. The smallest absolute Gasteiger partial charge is 0.253 e. The second-order valence-corrected chi connectivity index (χ2v) is 9.61. The fourth-order valence-electron chi connectivity index (χ4n) is 4.39. The highest BCUT2D eigenvalue weighted by molar-refractivity contribution is 5.95. The Hall–Kier alpha value is -3.48. The zero-order valence-electron chi connectivity index (χ0n) is 19.2. The van der Waals surface area contributed by atoms with Gasteiger partial charge in [0.15, 0.2) is 11.5 Å². The van der Waals surface area contributed by atoms with E-state index in [2.05, 4.69) is 30.7 Å². The van der Waals surface area contributed by atoms with E-state index in [1.54, 1.807) is 24.5 Å². The van der Waals surface area contributed by atoms with E-state index in [4.69, 9.17) is 14.5 Å². The van der Waals surface area contributed by atoms with Crippen LogP contribution in [0.5, 0.6) is 11.5 Å². The number of carbonyl (C=O) groups is 1. The minimum Gasteiger partial charge on any atom is -0.454 e. The molecule has 1 amide bonds.